The number of ether oxygens (including phenoxy) is 2. The minimum atomic E-state index is -0.729. The van der Waals surface area contributed by atoms with Crippen LogP contribution in [0.3, 0.4) is 0 Å². The molecule has 0 aliphatic carbocycles. The normalized spacial score (nSPS) is 11.4. The fourth-order valence-electron chi connectivity index (χ4n) is 2.83. The zero-order valence-corrected chi connectivity index (χ0v) is 22.0. The third kappa shape index (κ3) is 11.7. The van der Waals surface area contributed by atoms with Crippen LogP contribution in [0.4, 0.5) is 9.59 Å². The van der Waals surface area contributed by atoms with Crippen LogP contribution in [0.1, 0.15) is 58.2 Å². The van der Waals surface area contributed by atoms with Crippen LogP contribution in [0.2, 0.25) is 5.02 Å². The van der Waals surface area contributed by atoms with Crippen molar-refractivity contribution < 1.29 is 19.1 Å². The summed E-state index contributed by atoms with van der Waals surface area (Å²) >= 11 is 6.19. The molecule has 2 aromatic rings. The number of benzene rings is 2. The Labute approximate surface area is 212 Å². The summed E-state index contributed by atoms with van der Waals surface area (Å²) in [6.07, 6.45) is -1.46. The molecule has 0 fully saturated rings. The van der Waals surface area contributed by atoms with Crippen molar-refractivity contribution in [2.75, 3.05) is 0 Å². The molecule has 0 aliphatic heterocycles. The van der Waals surface area contributed by atoms with Crippen molar-refractivity contribution >= 4 is 29.7 Å². The van der Waals surface area contributed by atoms with E-state index in [9.17, 15) is 9.59 Å². The first-order chi connectivity index (χ1) is 16.3. The van der Waals surface area contributed by atoms with E-state index in [0.717, 1.165) is 21.7 Å². The van der Waals surface area contributed by atoms with Crippen molar-refractivity contribution in [2.24, 2.45) is 4.99 Å². The monoisotopic (exact) mass is 502 g/mol. The van der Waals surface area contributed by atoms with E-state index < -0.39 is 23.4 Å². The van der Waals surface area contributed by atoms with Crippen LogP contribution >= 0.6 is 11.6 Å². The van der Waals surface area contributed by atoms with E-state index in [1.807, 2.05) is 48.5 Å². The predicted molar refractivity (Wildman–Crippen MR) is 138 cm³/mol. The van der Waals surface area contributed by atoms with Gasteiger partial charge in [0.15, 0.2) is 0 Å². The Balaban J connectivity index is 1.99. The van der Waals surface area contributed by atoms with Gasteiger partial charge in [0.2, 0.25) is 5.96 Å². The summed E-state index contributed by atoms with van der Waals surface area (Å²) in [5.74, 6) is -0.0565. The molecule has 0 atom stereocenters. The zero-order chi connectivity index (χ0) is 26.1. The lowest BCUT2D eigenvalue weighted by molar-refractivity contribution is 0.0545. The molecule has 0 saturated heterocycles. The Hall–Kier alpha value is -3.10. The van der Waals surface area contributed by atoms with Crippen LogP contribution in [-0.4, -0.2) is 29.3 Å². The molecule has 190 valence electrons. The van der Waals surface area contributed by atoms with Crippen LogP contribution in [-0.2, 0) is 29.1 Å². The molecule has 8 nitrogen and oxygen atoms in total. The van der Waals surface area contributed by atoms with E-state index in [0.29, 0.717) is 13.1 Å². The molecule has 2 aromatic carbocycles. The topological polar surface area (TPSA) is 101 Å². The number of rotatable bonds is 6. The minimum absolute atomic E-state index is 0.0565. The highest BCUT2D eigenvalue weighted by Gasteiger charge is 2.21. The average molecular weight is 503 g/mol. The first kappa shape index (κ1) is 28.1. The van der Waals surface area contributed by atoms with Gasteiger partial charge in [-0.3, -0.25) is 10.6 Å². The van der Waals surface area contributed by atoms with E-state index >= 15 is 0 Å². The SMILES string of the molecule is CC(C)(C)OC(=O)NC(=NCc1ccc(CNCc2ccccc2Cl)cc1)NC(=O)OC(C)(C)C. The highest BCUT2D eigenvalue weighted by atomic mass is 35.5. The van der Waals surface area contributed by atoms with Gasteiger partial charge in [-0.15, -0.1) is 0 Å². The summed E-state index contributed by atoms with van der Waals surface area (Å²) in [6.45, 7) is 12.1. The Morgan fingerprint density at radius 2 is 1.31 bits per heavy atom. The van der Waals surface area contributed by atoms with E-state index in [1.165, 1.54) is 0 Å². The predicted octanol–water partition coefficient (Wildman–Crippen LogP) is 5.54. The third-order valence-electron chi connectivity index (χ3n) is 4.28. The molecule has 3 N–H and O–H groups in total. The fourth-order valence-corrected chi connectivity index (χ4v) is 3.03. The molecule has 35 heavy (non-hydrogen) atoms. The summed E-state index contributed by atoms with van der Waals surface area (Å²) in [7, 11) is 0. The van der Waals surface area contributed by atoms with Gasteiger partial charge in [-0.2, -0.15) is 0 Å². The van der Waals surface area contributed by atoms with Crippen LogP contribution in [0.5, 0.6) is 0 Å². The summed E-state index contributed by atoms with van der Waals surface area (Å²) in [5, 5.41) is 9.07. The van der Waals surface area contributed by atoms with Gasteiger partial charge in [0, 0.05) is 18.1 Å². The Morgan fingerprint density at radius 1 is 0.800 bits per heavy atom. The molecule has 0 spiro atoms. The summed E-state index contributed by atoms with van der Waals surface area (Å²) in [4.78, 5) is 28.7. The molecule has 0 heterocycles. The largest absolute Gasteiger partial charge is 0.444 e. The maximum Gasteiger partial charge on any atom is 0.414 e. The molecule has 0 saturated carbocycles. The number of hydrogen-bond donors (Lipinski definition) is 3. The molecular formula is C26H35ClN4O4. The molecule has 9 heteroatoms. The number of nitrogens with one attached hydrogen (secondary N) is 3. The molecule has 0 unspecified atom stereocenters. The second-order valence-corrected chi connectivity index (χ2v) is 10.3. The smallest absolute Gasteiger partial charge is 0.414 e. The summed E-state index contributed by atoms with van der Waals surface area (Å²) < 4.78 is 10.5. The Kier molecular flexibility index (Phi) is 10.1. The van der Waals surface area contributed by atoms with Crippen molar-refractivity contribution in [1.82, 2.24) is 16.0 Å². The van der Waals surface area contributed by atoms with Crippen LogP contribution < -0.4 is 16.0 Å². The number of guanidine groups is 1. The zero-order valence-electron chi connectivity index (χ0n) is 21.2. The van der Waals surface area contributed by atoms with Crippen LogP contribution in [0.25, 0.3) is 0 Å². The van der Waals surface area contributed by atoms with Crippen molar-refractivity contribution in [2.45, 2.75) is 72.4 Å². The van der Waals surface area contributed by atoms with Crippen molar-refractivity contribution in [3.8, 4) is 0 Å². The second-order valence-electron chi connectivity index (χ2n) is 9.93. The molecule has 2 rings (SSSR count). The molecule has 0 radical (unpaired) electrons. The van der Waals surface area contributed by atoms with Crippen LogP contribution in [0.15, 0.2) is 53.5 Å². The van der Waals surface area contributed by atoms with Gasteiger partial charge in [-0.05, 0) is 64.3 Å². The van der Waals surface area contributed by atoms with E-state index in [2.05, 4.69) is 20.9 Å². The van der Waals surface area contributed by atoms with Crippen molar-refractivity contribution in [3.63, 3.8) is 0 Å². The van der Waals surface area contributed by atoms with Gasteiger partial charge in [-0.25, -0.2) is 14.6 Å². The number of alkyl carbamates (subject to hydrolysis) is 2. The lowest BCUT2D eigenvalue weighted by Crippen LogP contribution is -2.47. The van der Waals surface area contributed by atoms with E-state index in [-0.39, 0.29) is 12.5 Å². The number of nitrogens with zero attached hydrogens (tertiary/aromatic N) is 1. The number of hydrogen-bond acceptors (Lipinski definition) is 6. The van der Waals surface area contributed by atoms with Gasteiger partial charge in [0.1, 0.15) is 11.2 Å². The number of carbonyl (C=O) groups is 2. The lowest BCUT2D eigenvalue weighted by Gasteiger charge is -2.22. The first-order valence-electron chi connectivity index (χ1n) is 11.4. The molecule has 0 bridgehead atoms. The molecule has 0 aromatic heterocycles. The average Bonchev–Trinajstić information content (AvgIpc) is 2.71. The molecule has 0 aliphatic rings. The standard InChI is InChI=1S/C26H35ClN4O4/c1-25(2,3)34-23(32)30-22(31-24(33)35-26(4,5)6)29-16-19-13-11-18(12-14-19)15-28-17-20-9-7-8-10-21(20)27/h7-14,28H,15-17H2,1-6H3,(H2,29,30,31,32,33). The van der Waals surface area contributed by atoms with E-state index in [1.54, 1.807) is 41.5 Å². The molecular weight excluding hydrogens is 468 g/mol. The van der Waals surface area contributed by atoms with Gasteiger partial charge in [-0.1, -0.05) is 54.1 Å². The van der Waals surface area contributed by atoms with Crippen LogP contribution in [0, 0.1) is 0 Å². The Bertz CT molecular complexity index is 993. The number of amides is 2. The maximum absolute atomic E-state index is 12.2. The summed E-state index contributed by atoms with van der Waals surface area (Å²) in [6, 6.07) is 15.6. The maximum atomic E-state index is 12.2. The highest BCUT2D eigenvalue weighted by molar-refractivity contribution is 6.31. The number of halogens is 1. The lowest BCUT2D eigenvalue weighted by atomic mass is 10.1. The van der Waals surface area contributed by atoms with Gasteiger partial charge in [0.25, 0.3) is 0 Å². The van der Waals surface area contributed by atoms with Crippen molar-refractivity contribution in [1.29, 1.82) is 0 Å². The number of carbonyl (C=O) groups excluding carboxylic acids is 2. The quantitative estimate of drug-likeness (QED) is 0.356. The van der Waals surface area contributed by atoms with Gasteiger partial charge in [0.05, 0.1) is 6.54 Å². The highest BCUT2D eigenvalue weighted by Crippen LogP contribution is 2.15. The first-order valence-corrected chi connectivity index (χ1v) is 11.7. The number of aliphatic imine (C=N–C) groups is 1. The van der Waals surface area contributed by atoms with Gasteiger partial charge >= 0.3 is 12.2 Å². The van der Waals surface area contributed by atoms with E-state index in [4.69, 9.17) is 21.1 Å². The van der Waals surface area contributed by atoms with Gasteiger partial charge < -0.3 is 14.8 Å². The minimum Gasteiger partial charge on any atom is -0.444 e. The van der Waals surface area contributed by atoms with Crippen molar-refractivity contribution in [3.05, 3.63) is 70.2 Å². The molecule has 2 amide bonds. The summed E-state index contributed by atoms with van der Waals surface area (Å²) in [5.41, 5.74) is 1.65. The fraction of sp³-hybridized carbons (Fsp3) is 0.423. The second kappa shape index (κ2) is 12.6. The third-order valence-corrected chi connectivity index (χ3v) is 4.65. The Morgan fingerprint density at radius 3 is 1.83 bits per heavy atom.